The highest BCUT2D eigenvalue weighted by Crippen LogP contribution is 2.33. The van der Waals surface area contributed by atoms with E-state index in [9.17, 15) is 8.42 Å². The first-order chi connectivity index (χ1) is 9.63. The largest absolute Gasteiger partial charge is 0.313 e. The Morgan fingerprint density at radius 2 is 2.20 bits per heavy atom. The van der Waals surface area contributed by atoms with Gasteiger partial charge in [0.2, 0.25) is 0 Å². The van der Waals surface area contributed by atoms with Crippen LogP contribution in [0.1, 0.15) is 44.6 Å². The second-order valence-electron chi connectivity index (χ2n) is 5.38. The molecule has 20 heavy (non-hydrogen) atoms. The van der Waals surface area contributed by atoms with Crippen LogP contribution in [0.3, 0.4) is 0 Å². The van der Waals surface area contributed by atoms with E-state index in [1.54, 1.807) is 6.20 Å². The first-order valence-corrected chi connectivity index (χ1v) is 8.84. The third-order valence-corrected chi connectivity index (χ3v) is 4.94. The third kappa shape index (κ3) is 4.57. The molecule has 0 saturated heterocycles. The van der Waals surface area contributed by atoms with Gasteiger partial charge in [-0.05, 0) is 31.7 Å². The number of nitrogens with one attached hydrogen (secondary N) is 3. The fraction of sp³-hybridized carbons (Fsp3) is 0.769. The van der Waals surface area contributed by atoms with Gasteiger partial charge in [0.05, 0.1) is 6.20 Å². The summed E-state index contributed by atoms with van der Waals surface area (Å²) in [7, 11) is -3.47. The van der Waals surface area contributed by atoms with E-state index in [-0.39, 0.29) is 5.03 Å². The molecule has 1 fully saturated rings. The zero-order chi connectivity index (χ0) is 14.4. The topological polar surface area (TPSA) is 86.9 Å². The second kappa shape index (κ2) is 7.19. The van der Waals surface area contributed by atoms with Gasteiger partial charge >= 0.3 is 0 Å². The highest BCUT2D eigenvalue weighted by Gasteiger charge is 2.22. The zero-order valence-electron chi connectivity index (χ0n) is 12.0. The van der Waals surface area contributed by atoms with Gasteiger partial charge in [-0.25, -0.2) is 13.1 Å². The lowest BCUT2D eigenvalue weighted by Gasteiger charge is -2.07. The number of aromatic amines is 1. The Kier molecular flexibility index (Phi) is 5.56. The molecule has 0 radical (unpaired) electrons. The minimum absolute atomic E-state index is 0.188. The normalized spacial score (nSPS) is 15.7. The summed E-state index contributed by atoms with van der Waals surface area (Å²) in [4.78, 5) is 0. The standard InChI is InChI=1S/C13H24N4O2S/c1-2-7-14-9-12-10-15-17-13(12)20(18,19)16-8-3-4-11-5-6-11/h10-11,14,16H,2-9H2,1H3,(H,15,17). The van der Waals surface area contributed by atoms with Crippen molar-refractivity contribution in [3.05, 3.63) is 11.8 Å². The molecule has 0 aromatic carbocycles. The van der Waals surface area contributed by atoms with Crippen molar-refractivity contribution in [1.29, 1.82) is 0 Å². The van der Waals surface area contributed by atoms with Gasteiger partial charge in [0, 0.05) is 18.7 Å². The van der Waals surface area contributed by atoms with E-state index in [4.69, 9.17) is 0 Å². The van der Waals surface area contributed by atoms with Crippen LogP contribution in [0.2, 0.25) is 0 Å². The first-order valence-electron chi connectivity index (χ1n) is 7.36. The lowest BCUT2D eigenvalue weighted by atomic mass is 10.2. The molecule has 1 aromatic rings. The second-order valence-corrected chi connectivity index (χ2v) is 7.09. The summed E-state index contributed by atoms with van der Waals surface area (Å²) >= 11 is 0. The molecule has 0 bridgehead atoms. The average Bonchev–Trinajstić information content (AvgIpc) is 3.11. The number of sulfonamides is 1. The summed E-state index contributed by atoms with van der Waals surface area (Å²) in [5, 5.41) is 9.82. The molecule has 3 N–H and O–H groups in total. The van der Waals surface area contributed by atoms with Crippen LogP contribution in [-0.4, -0.2) is 31.7 Å². The van der Waals surface area contributed by atoms with E-state index in [0.717, 1.165) is 31.7 Å². The Morgan fingerprint density at radius 3 is 2.90 bits per heavy atom. The molecule has 2 rings (SSSR count). The van der Waals surface area contributed by atoms with Crippen molar-refractivity contribution < 1.29 is 8.42 Å². The summed E-state index contributed by atoms with van der Waals surface area (Å²) in [5.74, 6) is 0.834. The minimum atomic E-state index is -3.47. The summed E-state index contributed by atoms with van der Waals surface area (Å²) in [5.41, 5.74) is 0.688. The Bertz CT molecular complexity index is 508. The molecular weight excluding hydrogens is 276 g/mol. The molecule has 0 unspecified atom stereocenters. The molecule has 0 atom stereocenters. The van der Waals surface area contributed by atoms with Crippen molar-refractivity contribution in [2.75, 3.05) is 13.1 Å². The predicted molar refractivity (Wildman–Crippen MR) is 77.7 cm³/mol. The van der Waals surface area contributed by atoms with Crippen LogP contribution in [0.5, 0.6) is 0 Å². The van der Waals surface area contributed by atoms with Crippen molar-refractivity contribution in [2.24, 2.45) is 5.92 Å². The van der Waals surface area contributed by atoms with Crippen molar-refractivity contribution in [3.63, 3.8) is 0 Å². The number of H-pyrrole nitrogens is 1. The quantitative estimate of drug-likeness (QED) is 0.570. The van der Waals surface area contributed by atoms with Gasteiger partial charge in [0.25, 0.3) is 10.0 Å². The maximum atomic E-state index is 12.2. The zero-order valence-corrected chi connectivity index (χ0v) is 12.8. The summed E-state index contributed by atoms with van der Waals surface area (Å²) < 4.78 is 27.0. The maximum absolute atomic E-state index is 12.2. The first kappa shape index (κ1) is 15.5. The molecule has 1 aromatic heterocycles. The summed E-state index contributed by atoms with van der Waals surface area (Å²) in [6.07, 6.45) is 7.22. The van der Waals surface area contributed by atoms with Gasteiger partial charge in [-0.15, -0.1) is 0 Å². The number of aromatic nitrogens is 2. The highest BCUT2D eigenvalue weighted by molar-refractivity contribution is 7.89. The van der Waals surface area contributed by atoms with Crippen LogP contribution in [-0.2, 0) is 16.6 Å². The molecule has 1 aliphatic rings. The predicted octanol–water partition coefficient (Wildman–Crippen LogP) is 1.38. The maximum Gasteiger partial charge on any atom is 0.257 e. The molecule has 1 aliphatic carbocycles. The lowest BCUT2D eigenvalue weighted by molar-refractivity contribution is 0.565. The van der Waals surface area contributed by atoms with Crippen LogP contribution >= 0.6 is 0 Å². The van der Waals surface area contributed by atoms with Gasteiger partial charge in [-0.2, -0.15) is 5.10 Å². The third-order valence-electron chi connectivity index (χ3n) is 3.47. The SMILES string of the molecule is CCCNCc1cn[nH]c1S(=O)(=O)NCCCC1CC1. The number of rotatable bonds is 10. The minimum Gasteiger partial charge on any atom is -0.313 e. The Morgan fingerprint density at radius 1 is 1.40 bits per heavy atom. The van der Waals surface area contributed by atoms with E-state index < -0.39 is 10.0 Å². The van der Waals surface area contributed by atoms with E-state index in [1.165, 1.54) is 12.8 Å². The van der Waals surface area contributed by atoms with Crippen molar-refractivity contribution in [3.8, 4) is 0 Å². The molecule has 7 heteroatoms. The number of hydrogen-bond donors (Lipinski definition) is 3. The van der Waals surface area contributed by atoms with Crippen molar-refractivity contribution in [1.82, 2.24) is 20.2 Å². The molecular formula is C13H24N4O2S. The van der Waals surface area contributed by atoms with Gasteiger partial charge in [0.15, 0.2) is 5.03 Å². The molecule has 0 spiro atoms. The Labute approximate surface area is 120 Å². The van der Waals surface area contributed by atoms with Crippen LogP contribution in [0.25, 0.3) is 0 Å². The molecule has 0 amide bonds. The van der Waals surface area contributed by atoms with Crippen LogP contribution in [0.4, 0.5) is 0 Å². The Balaban J connectivity index is 1.85. The van der Waals surface area contributed by atoms with Gasteiger partial charge in [0.1, 0.15) is 0 Å². The van der Waals surface area contributed by atoms with E-state index in [0.29, 0.717) is 18.7 Å². The molecule has 1 saturated carbocycles. The lowest BCUT2D eigenvalue weighted by Crippen LogP contribution is -2.27. The number of hydrogen-bond acceptors (Lipinski definition) is 4. The van der Waals surface area contributed by atoms with Gasteiger partial charge < -0.3 is 5.32 Å². The smallest absolute Gasteiger partial charge is 0.257 e. The van der Waals surface area contributed by atoms with E-state index in [2.05, 4.69) is 27.2 Å². The van der Waals surface area contributed by atoms with Gasteiger partial charge in [-0.1, -0.05) is 19.8 Å². The van der Waals surface area contributed by atoms with Crippen LogP contribution in [0, 0.1) is 5.92 Å². The Hall–Kier alpha value is -0.920. The fourth-order valence-corrected chi connectivity index (χ4v) is 3.33. The summed E-state index contributed by atoms with van der Waals surface area (Å²) in [6, 6.07) is 0. The highest BCUT2D eigenvalue weighted by atomic mass is 32.2. The van der Waals surface area contributed by atoms with Crippen LogP contribution in [0.15, 0.2) is 11.2 Å². The summed E-state index contributed by atoms with van der Waals surface area (Å²) in [6.45, 7) is 3.95. The molecule has 0 aliphatic heterocycles. The van der Waals surface area contributed by atoms with Gasteiger partial charge in [-0.3, -0.25) is 5.10 Å². The van der Waals surface area contributed by atoms with Crippen molar-refractivity contribution >= 4 is 10.0 Å². The van der Waals surface area contributed by atoms with Crippen LogP contribution < -0.4 is 10.0 Å². The molecule has 114 valence electrons. The fourth-order valence-electron chi connectivity index (χ4n) is 2.13. The van der Waals surface area contributed by atoms with Crippen molar-refractivity contribution in [2.45, 2.75) is 50.6 Å². The van der Waals surface area contributed by atoms with E-state index in [1.807, 2.05) is 0 Å². The average molecular weight is 300 g/mol. The molecule has 1 heterocycles. The number of nitrogens with zero attached hydrogens (tertiary/aromatic N) is 1. The monoisotopic (exact) mass is 300 g/mol. The molecule has 6 nitrogen and oxygen atoms in total. The van der Waals surface area contributed by atoms with E-state index >= 15 is 0 Å².